The van der Waals surface area contributed by atoms with Crippen LogP contribution in [-0.4, -0.2) is 18.0 Å². The highest BCUT2D eigenvalue weighted by Gasteiger charge is 2.41. The first kappa shape index (κ1) is 29.5. The van der Waals surface area contributed by atoms with E-state index in [1.165, 1.54) is 6.07 Å². The number of alkyl halides is 6. The van der Waals surface area contributed by atoms with Crippen LogP contribution in [-0.2, 0) is 24.3 Å². The minimum Gasteiger partial charge on any atom is -0.494 e. The van der Waals surface area contributed by atoms with Gasteiger partial charge in [-0.25, -0.2) is 8.78 Å². The van der Waals surface area contributed by atoms with Gasteiger partial charge in [-0.05, 0) is 59.2 Å². The predicted molar refractivity (Wildman–Crippen MR) is 132 cm³/mol. The lowest BCUT2D eigenvalue weighted by atomic mass is 9.77. The summed E-state index contributed by atoms with van der Waals surface area (Å²) in [7, 11) is 1.15. The quantitative estimate of drug-likeness (QED) is 0.233. The van der Waals surface area contributed by atoms with E-state index in [1.807, 2.05) is 0 Å². The van der Waals surface area contributed by atoms with Gasteiger partial charge in [0.1, 0.15) is 11.5 Å². The van der Waals surface area contributed by atoms with Crippen molar-refractivity contribution in [3.63, 3.8) is 0 Å². The summed E-state index contributed by atoms with van der Waals surface area (Å²) in [5.74, 6) is -3.45. The van der Waals surface area contributed by atoms with Gasteiger partial charge in [0.2, 0.25) is 0 Å². The topological polar surface area (TPSA) is 51.2 Å². The Bertz CT molecular complexity index is 1540. The molecule has 4 rings (SSSR count). The molecule has 12 heteroatoms. The third-order valence-electron chi connectivity index (χ3n) is 6.32. The van der Waals surface area contributed by atoms with E-state index in [0.717, 1.165) is 31.4 Å². The maximum absolute atomic E-state index is 14.8. The Hall–Kier alpha value is -4.48. The van der Waals surface area contributed by atoms with Crippen molar-refractivity contribution in [3.05, 3.63) is 130 Å². The molecule has 1 N–H and O–H groups in total. The van der Waals surface area contributed by atoms with Crippen LogP contribution in [0.25, 0.3) is 0 Å². The first-order valence-electron chi connectivity index (χ1n) is 11.8. The van der Waals surface area contributed by atoms with Gasteiger partial charge in [-0.15, -0.1) is 0 Å². The molecule has 0 spiro atoms. The highest BCUT2D eigenvalue weighted by Crippen LogP contribution is 2.40. The fourth-order valence-electron chi connectivity index (χ4n) is 4.35. The van der Waals surface area contributed by atoms with E-state index in [2.05, 4.69) is 10.3 Å². The largest absolute Gasteiger partial charge is 0.494 e. The molecule has 4 nitrogen and oxygen atoms in total. The zero-order valence-electron chi connectivity index (χ0n) is 21.1. The zero-order valence-corrected chi connectivity index (χ0v) is 21.1. The van der Waals surface area contributed by atoms with Gasteiger partial charge in [-0.3, -0.25) is 9.78 Å². The summed E-state index contributed by atoms with van der Waals surface area (Å²) in [5.41, 5.74) is -4.89. The number of nitrogens with zero attached hydrogens (tertiary/aromatic N) is 1. The molecule has 1 atom stereocenters. The number of carbonyl (C=O) groups excluding carboxylic acids is 1. The number of ether oxygens (including phenoxy) is 1. The van der Waals surface area contributed by atoms with Gasteiger partial charge in [0, 0.05) is 12.6 Å². The first-order valence-corrected chi connectivity index (χ1v) is 11.8. The molecule has 1 unspecified atom stereocenters. The monoisotopic (exact) mass is 580 g/mol. The van der Waals surface area contributed by atoms with Crippen molar-refractivity contribution >= 4 is 5.91 Å². The molecule has 41 heavy (non-hydrogen) atoms. The summed E-state index contributed by atoms with van der Waals surface area (Å²) in [4.78, 5) is 16.8. The average molecular weight is 580 g/mol. The van der Waals surface area contributed by atoms with Gasteiger partial charge in [0.05, 0.1) is 23.8 Å². The summed E-state index contributed by atoms with van der Waals surface area (Å²) in [6.45, 7) is 0. The molecule has 0 radical (unpaired) electrons. The van der Waals surface area contributed by atoms with E-state index < -0.39 is 46.7 Å². The van der Waals surface area contributed by atoms with Crippen molar-refractivity contribution in [2.75, 3.05) is 7.11 Å². The van der Waals surface area contributed by atoms with Crippen LogP contribution in [0.2, 0.25) is 0 Å². The van der Waals surface area contributed by atoms with Crippen molar-refractivity contribution in [2.45, 2.75) is 24.3 Å². The molecule has 1 amide bonds. The van der Waals surface area contributed by atoms with Gasteiger partial charge in [0.25, 0.3) is 5.91 Å². The molecule has 0 aliphatic carbocycles. The second-order valence-electron chi connectivity index (χ2n) is 9.03. The van der Waals surface area contributed by atoms with E-state index >= 15 is 0 Å². The van der Waals surface area contributed by atoms with E-state index in [4.69, 9.17) is 4.74 Å². The minimum atomic E-state index is -4.98. The second-order valence-corrected chi connectivity index (χ2v) is 9.03. The Balaban J connectivity index is 1.98. The summed E-state index contributed by atoms with van der Waals surface area (Å²) in [6, 6.07) is 14.5. The van der Waals surface area contributed by atoms with Crippen molar-refractivity contribution in [1.82, 2.24) is 10.3 Å². The van der Waals surface area contributed by atoms with Crippen LogP contribution in [0.15, 0.2) is 85.1 Å². The number of benzene rings is 3. The predicted octanol–water partition coefficient (Wildman–Crippen LogP) is 7.32. The van der Waals surface area contributed by atoms with Gasteiger partial charge in [-0.1, -0.05) is 36.4 Å². The van der Waals surface area contributed by atoms with E-state index in [0.29, 0.717) is 23.9 Å². The molecular formula is C29H20F8N2O2. The van der Waals surface area contributed by atoms with E-state index in [9.17, 15) is 39.9 Å². The molecule has 4 aromatic rings. The Morgan fingerprint density at radius 1 is 0.805 bits per heavy atom. The minimum absolute atomic E-state index is 0.00606. The Labute approximate surface area is 228 Å². The number of pyridine rings is 1. The van der Waals surface area contributed by atoms with Crippen molar-refractivity contribution in [3.8, 4) is 5.75 Å². The number of nitrogens with one attached hydrogen (secondary N) is 1. The Morgan fingerprint density at radius 3 is 2.07 bits per heavy atom. The molecule has 0 aliphatic rings. The average Bonchev–Trinajstić information content (AvgIpc) is 2.92. The third-order valence-corrected chi connectivity index (χ3v) is 6.32. The van der Waals surface area contributed by atoms with Gasteiger partial charge >= 0.3 is 12.4 Å². The molecule has 0 aliphatic heterocycles. The maximum atomic E-state index is 14.8. The summed E-state index contributed by atoms with van der Waals surface area (Å²) >= 11 is 0. The summed E-state index contributed by atoms with van der Waals surface area (Å²) in [5, 5.41) is 2.59. The van der Waals surface area contributed by atoms with Crippen molar-refractivity contribution < 1.29 is 44.7 Å². The number of methoxy groups -OCH3 is 1. The number of hydrogen-bond donors (Lipinski definition) is 1. The first-order chi connectivity index (χ1) is 19.2. The van der Waals surface area contributed by atoms with Gasteiger partial charge in [-0.2, -0.15) is 26.3 Å². The number of amides is 1. The van der Waals surface area contributed by atoms with Crippen LogP contribution < -0.4 is 10.1 Å². The summed E-state index contributed by atoms with van der Waals surface area (Å²) in [6.07, 6.45) is -9.38. The van der Waals surface area contributed by atoms with Crippen LogP contribution in [0.4, 0.5) is 35.1 Å². The maximum Gasteiger partial charge on any atom is 0.433 e. The fourth-order valence-corrected chi connectivity index (χ4v) is 4.35. The fraction of sp³-hybridized carbons (Fsp3) is 0.172. The molecule has 1 aromatic heterocycles. The Kier molecular flexibility index (Phi) is 8.05. The van der Waals surface area contributed by atoms with Crippen LogP contribution >= 0.6 is 0 Å². The highest BCUT2D eigenvalue weighted by atomic mass is 19.4. The smallest absolute Gasteiger partial charge is 0.433 e. The second kappa shape index (κ2) is 11.2. The number of halogens is 8. The number of aromatic nitrogens is 1. The number of hydrogen-bond acceptors (Lipinski definition) is 3. The standard InChI is InChI=1S/C29H20F8N2O2/c1-41-24-14-19(8-9-23(24)31)27(15-17-5-3-2-4-6-17,20-11-21(28(32,33)34)13-22(30)12-20)39-26(40)18-7-10-25(38-16-18)29(35,36)37/h2-14,16H,15H2,1H3,(H,39,40). The normalized spacial score (nSPS) is 13.4. The van der Waals surface area contributed by atoms with Crippen LogP contribution in [0, 0.1) is 11.6 Å². The molecule has 0 saturated heterocycles. The molecule has 0 fully saturated rings. The van der Waals surface area contributed by atoms with Crippen molar-refractivity contribution in [1.29, 1.82) is 0 Å². The highest BCUT2D eigenvalue weighted by molar-refractivity contribution is 5.95. The third kappa shape index (κ3) is 6.47. The van der Waals surface area contributed by atoms with E-state index in [1.54, 1.807) is 30.3 Å². The number of rotatable bonds is 7. The van der Waals surface area contributed by atoms with Crippen LogP contribution in [0.3, 0.4) is 0 Å². The molecule has 214 valence electrons. The lowest BCUT2D eigenvalue weighted by molar-refractivity contribution is -0.141. The van der Waals surface area contributed by atoms with Crippen LogP contribution in [0.1, 0.15) is 38.3 Å². The number of carbonyl (C=O) groups is 1. The Morgan fingerprint density at radius 2 is 1.49 bits per heavy atom. The van der Waals surface area contributed by atoms with Gasteiger partial charge in [0.15, 0.2) is 11.6 Å². The summed E-state index contributed by atoms with van der Waals surface area (Å²) < 4.78 is 115. The molecule has 3 aromatic carbocycles. The molecule has 0 bridgehead atoms. The SMILES string of the molecule is COc1cc(C(Cc2ccccc2)(NC(=O)c2ccc(C(F)(F)F)nc2)c2cc(F)cc(C(F)(F)F)c2)ccc1F. The zero-order chi connectivity index (χ0) is 30.0. The molecular weight excluding hydrogens is 560 g/mol. The molecule has 0 saturated carbocycles. The molecule has 1 heterocycles. The van der Waals surface area contributed by atoms with Crippen molar-refractivity contribution in [2.24, 2.45) is 0 Å². The lowest BCUT2D eigenvalue weighted by Crippen LogP contribution is -2.49. The van der Waals surface area contributed by atoms with E-state index in [-0.39, 0.29) is 34.9 Å². The lowest BCUT2D eigenvalue weighted by Gasteiger charge is -2.37. The van der Waals surface area contributed by atoms with Gasteiger partial charge < -0.3 is 10.1 Å². The van der Waals surface area contributed by atoms with Crippen LogP contribution in [0.5, 0.6) is 5.75 Å².